The lowest BCUT2D eigenvalue weighted by molar-refractivity contribution is 0.208. The van der Waals surface area contributed by atoms with Crippen LogP contribution in [-0.4, -0.2) is 11.5 Å². The van der Waals surface area contributed by atoms with Crippen molar-refractivity contribution in [2.45, 2.75) is 52.5 Å². The zero-order valence-corrected chi connectivity index (χ0v) is 11.2. The summed E-state index contributed by atoms with van der Waals surface area (Å²) in [5.41, 5.74) is 0.540. The van der Waals surface area contributed by atoms with E-state index in [1.807, 2.05) is 6.20 Å². The number of thiazole rings is 1. The van der Waals surface area contributed by atoms with Gasteiger partial charge in [-0.1, -0.05) is 26.2 Å². The van der Waals surface area contributed by atoms with Gasteiger partial charge in [0.25, 0.3) is 0 Å². The van der Waals surface area contributed by atoms with Crippen LogP contribution in [0.3, 0.4) is 0 Å². The van der Waals surface area contributed by atoms with Crippen LogP contribution in [-0.2, 0) is 6.54 Å². The maximum atomic E-state index is 4.28. The van der Waals surface area contributed by atoms with Gasteiger partial charge >= 0.3 is 0 Å². The predicted molar refractivity (Wildman–Crippen MR) is 69.7 cm³/mol. The SMILES string of the molecule is Cc1ncc(CNCC2(C)CCCCC2)s1. The molecule has 0 radical (unpaired) electrons. The van der Waals surface area contributed by atoms with Gasteiger partial charge in [0.2, 0.25) is 0 Å². The molecule has 1 aliphatic rings. The van der Waals surface area contributed by atoms with Crippen LogP contribution in [0, 0.1) is 12.3 Å². The maximum Gasteiger partial charge on any atom is 0.0897 e. The second kappa shape index (κ2) is 5.28. The predicted octanol–water partition coefficient (Wildman–Crippen LogP) is 3.51. The number of hydrogen-bond acceptors (Lipinski definition) is 3. The molecule has 90 valence electrons. The van der Waals surface area contributed by atoms with Crippen molar-refractivity contribution in [2.75, 3.05) is 6.54 Å². The Bertz CT molecular complexity index is 326. The number of aromatic nitrogens is 1. The van der Waals surface area contributed by atoms with Crippen molar-refractivity contribution in [3.05, 3.63) is 16.1 Å². The van der Waals surface area contributed by atoms with Crippen molar-refractivity contribution in [3.8, 4) is 0 Å². The minimum absolute atomic E-state index is 0.540. The van der Waals surface area contributed by atoms with E-state index in [9.17, 15) is 0 Å². The first-order valence-electron chi connectivity index (χ1n) is 6.30. The molecule has 2 nitrogen and oxygen atoms in total. The van der Waals surface area contributed by atoms with Crippen LogP contribution in [0.25, 0.3) is 0 Å². The molecular formula is C13H22N2S. The van der Waals surface area contributed by atoms with Gasteiger partial charge in [0, 0.05) is 24.2 Å². The molecule has 0 amide bonds. The minimum atomic E-state index is 0.540. The molecule has 0 aliphatic heterocycles. The molecule has 1 N–H and O–H groups in total. The fourth-order valence-electron chi connectivity index (χ4n) is 2.56. The van der Waals surface area contributed by atoms with E-state index in [1.165, 1.54) is 42.0 Å². The molecule has 1 aromatic rings. The van der Waals surface area contributed by atoms with Crippen LogP contribution in [0.1, 0.15) is 48.9 Å². The molecule has 3 heteroatoms. The third-order valence-corrected chi connectivity index (χ3v) is 4.49. The molecule has 16 heavy (non-hydrogen) atoms. The molecule has 0 unspecified atom stereocenters. The first kappa shape index (κ1) is 12.1. The summed E-state index contributed by atoms with van der Waals surface area (Å²) in [7, 11) is 0. The molecule has 2 rings (SSSR count). The third kappa shape index (κ3) is 3.29. The standard InChI is InChI=1S/C13H22N2S/c1-11-15-9-12(16-11)8-14-10-13(2)6-4-3-5-7-13/h9,14H,3-8,10H2,1-2H3. The maximum absolute atomic E-state index is 4.28. The monoisotopic (exact) mass is 238 g/mol. The summed E-state index contributed by atoms with van der Waals surface area (Å²) in [5.74, 6) is 0. The molecule has 1 heterocycles. The average molecular weight is 238 g/mol. The van der Waals surface area contributed by atoms with Crippen molar-refractivity contribution in [3.63, 3.8) is 0 Å². The smallest absolute Gasteiger partial charge is 0.0897 e. The van der Waals surface area contributed by atoms with E-state index in [1.54, 1.807) is 11.3 Å². The van der Waals surface area contributed by atoms with E-state index >= 15 is 0 Å². The Hall–Kier alpha value is -0.410. The largest absolute Gasteiger partial charge is 0.311 e. The number of rotatable bonds is 4. The highest BCUT2D eigenvalue weighted by atomic mass is 32.1. The Morgan fingerprint density at radius 2 is 2.12 bits per heavy atom. The molecule has 1 aromatic heterocycles. The van der Waals surface area contributed by atoms with Crippen molar-refractivity contribution < 1.29 is 0 Å². The number of nitrogens with one attached hydrogen (secondary N) is 1. The molecule has 1 aliphatic carbocycles. The van der Waals surface area contributed by atoms with Gasteiger partial charge in [-0.25, -0.2) is 4.98 Å². The fraction of sp³-hybridized carbons (Fsp3) is 0.769. The lowest BCUT2D eigenvalue weighted by Crippen LogP contribution is -2.33. The molecular weight excluding hydrogens is 216 g/mol. The highest BCUT2D eigenvalue weighted by molar-refractivity contribution is 7.11. The van der Waals surface area contributed by atoms with Crippen LogP contribution >= 0.6 is 11.3 Å². The Morgan fingerprint density at radius 3 is 2.75 bits per heavy atom. The Kier molecular flexibility index (Phi) is 3.98. The molecule has 0 saturated heterocycles. The number of hydrogen-bond donors (Lipinski definition) is 1. The van der Waals surface area contributed by atoms with Gasteiger partial charge in [0.1, 0.15) is 0 Å². The van der Waals surface area contributed by atoms with Gasteiger partial charge in [-0.2, -0.15) is 0 Å². The van der Waals surface area contributed by atoms with Gasteiger partial charge in [0.05, 0.1) is 5.01 Å². The third-order valence-electron chi connectivity index (χ3n) is 3.58. The Morgan fingerprint density at radius 1 is 1.38 bits per heavy atom. The van der Waals surface area contributed by atoms with E-state index < -0.39 is 0 Å². The first-order chi connectivity index (χ1) is 7.68. The van der Waals surface area contributed by atoms with Gasteiger partial charge in [0.15, 0.2) is 0 Å². The molecule has 0 bridgehead atoms. The minimum Gasteiger partial charge on any atom is -0.311 e. The van der Waals surface area contributed by atoms with Crippen molar-refractivity contribution in [1.82, 2.24) is 10.3 Å². The molecule has 1 saturated carbocycles. The zero-order valence-electron chi connectivity index (χ0n) is 10.4. The topological polar surface area (TPSA) is 24.9 Å². The Balaban J connectivity index is 1.74. The van der Waals surface area contributed by atoms with Crippen molar-refractivity contribution >= 4 is 11.3 Å². The lowest BCUT2D eigenvalue weighted by Gasteiger charge is -2.33. The van der Waals surface area contributed by atoms with E-state index in [0.717, 1.165) is 13.1 Å². The summed E-state index contributed by atoms with van der Waals surface area (Å²) >= 11 is 1.80. The second-order valence-electron chi connectivity index (χ2n) is 5.32. The molecule has 0 aromatic carbocycles. The molecule has 0 spiro atoms. The first-order valence-corrected chi connectivity index (χ1v) is 7.12. The van der Waals surface area contributed by atoms with Crippen molar-refractivity contribution in [2.24, 2.45) is 5.41 Å². The molecule has 1 fully saturated rings. The lowest BCUT2D eigenvalue weighted by atomic mass is 9.76. The summed E-state index contributed by atoms with van der Waals surface area (Å²) in [6, 6.07) is 0. The summed E-state index contributed by atoms with van der Waals surface area (Å²) in [6.45, 7) is 6.64. The quantitative estimate of drug-likeness (QED) is 0.868. The summed E-state index contributed by atoms with van der Waals surface area (Å²) in [5, 5.41) is 4.76. The van der Waals surface area contributed by atoms with E-state index in [-0.39, 0.29) is 0 Å². The molecule has 0 atom stereocenters. The highest BCUT2D eigenvalue weighted by Gasteiger charge is 2.25. The van der Waals surface area contributed by atoms with Gasteiger partial charge in [-0.05, 0) is 25.2 Å². The second-order valence-corrected chi connectivity index (χ2v) is 6.64. The van der Waals surface area contributed by atoms with E-state index in [2.05, 4.69) is 24.1 Å². The van der Waals surface area contributed by atoms with Gasteiger partial charge in [-0.3, -0.25) is 0 Å². The fourth-order valence-corrected chi connectivity index (χ4v) is 3.32. The zero-order chi connectivity index (χ0) is 11.4. The van der Waals surface area contributed by atoms with Crippen molar-refractivity contribution in [1.29, 1.82) is 0 Å². The van der Waals surface area contributed by atoms with Crippen LogP contribution < -0.4 is 5.32 Å². The average Bonchev–Trinajstić information content (AvgIpc) is 2.65. The summed E-state index contributed by atoms with van der Waals surface area (Å²) < 4.78 is 0. The summed E-state index contributed by atoms with van der Waals surface area (Å²) in [6.07, 6.45) is 9.04. The number of aryl methyl sites for hydroxylation is 1. The van der Waals surface area contributed by atoms with Gasteiger partial charge in [-0.15, -0.1) is 11.3 Å². The van der Waals surface area contributed by atoms with Crippen LogP contribution in [0.4, 0.5) is 0 Å². The normalized spacial score (nSPS) is 19.9. The summed E-state index contributed by atoms with van der Waals surface area (Å²) in [4.78, 5) is 5.64. The van der Waals surface area contributed by atoms with Crippen LogP contribution in [0.5, 0.6) is 0 Å². The van der Waals surface area contributed by atoms with Crippen LogP contribution in [0.2, 0.25) is 0 Å². The Labute approximate surface area is 102 Å². The highest BCUT2D eigenvalue weighted by Crippen LogP contribution is 2.34. The van der Waals surface area contributed by atoms with E-state index in [0.29, 0.717) is 5.41 Å². The van der Waals surface area contributed by atoms with Crippen LogP contribution in [0.15, 0.2) is 6.20 Å². The van der Waals surface area contributed by atoms with Gasteiger partial charge < -0.3 is 5.32 Å². The number of nitrogens with zero attached hydrogens (tertiary/aromatic N) is 1. The van der Waals surface area contributed by atoms with E-state index in [4.69, 9.17) is 0 Å².